The summed E-state index contributed by atoms with van der Waals surface area (Å²) >= 11 is 0. The fourth-order valence-corrected chi connectivity index (χ4v) is 2.06. The maximum atomic E-state index is 9.17. The first-order valence-electron chi connectivity index (χ1n) is 6.17. The van der Waals surface area contributed by atoms with Crippen molar-refractivity contribution in [3.8, 4) is 6.07 Å². The number of benzene rings is 1. The van der Waals surface area contributed by atoms with Crippen molar-refractivity contribution in [3.63, 3.8) is 0 Å². The molecule has 90 valence electrons. The zero-order chi connectivity index (χ0) is 12.3. The highest BCUT2D eigenvalue weighted by Gasteiger charge is 2.24. The molecule has 0 heterocycles. The van der Waals surface area contributed by atoms with Crippen LogP contribution in [0.1, 0.15) is 30.9 Å². The molecule has 0 bridgehead atoms. The zero-order valence-electron chi connectivity index (χ0n) is 10.2. The standard InChI is InChI=1S/C14H18N2O/c1-2-16(9-11-3-4-11)14-6-5-12(10-17)7-13(14)8-15/h5-7,11,17H,2-4,9-10H2,1H3. The number of aliphatic hydroxyl groups excluding tert-OH is 1. The third-order valence-electron chi connectivity index (χ3n) is 3.26. The highest BCUT2D eigenvalue weighted by Crippen LogP contribution is 2.32. The van der Waals surface area contributed by atoms with Gasteiger partial charge in [0.15, 0.2) is 0 Å². The Hall–Kier alpha value is -1.53. The van der Waals surface area contributed by atoms with Gasteiger partial charge >= 0.3 is 0 Å². The number of anilines is 1. The molecule has 1 N–H and O–H groups in total. The Balaban J connectivity index is 2.25. The lowest BCUT2D eigenvalue weighted by Crippen LogP contribution is -2.26. The maximum Gasteiger partial charge on any atom is 0.101 e. The molecule has 1 fully saturated rings. The molecule has 2 rings (SSSR count). The van der Waals surface area contributed by atoms with Gasteiger partial charge in [0.05, 0.1) is 17.9 Å². The lowest BCUT2D eigenvalue weighted by Gasteiger charge is -2.24. The van der Waals surface area contributed by atoms with Gasteiger partial charge in [-0.3, -0.25) is 0 Å². The van der Waals surface area contributed by atoms with Crippen molar-refractivity contribution in [2.75, 3.05) is 18.0 Å². The Bertz CT molecular complexity index is 432. The van der Waals surface area contributed by atoms with Crippen LogP contribution in [0, 0.1) is 17.2 Å². The average Bonchev–Trinajstić information content (AvgIpc) is 3.19. The van der Waals surface area contributed by atoms with Gasteiger partial charge in [-0.05, 0) is 43.4 Å². The third kappa shape index (κ3) is 2.78. The van der Waals surface area contributed by atoms with Crippen LogP contribution in [0.2, 0.25) is 0 Å². The topological polar surface area (TPSA) is 47.3 Å². The molecule has 17 heavy (non-hydrogen) atoms. The number of hydrogen-bond acceptors (Lipinski definition) is 3. The molecule has 3 heteroatoms. The molecule has 1 aromatic carbocycles. The molecule has 3 nitrogen and oxygen atoms in total. The Morgan fingerprint density at radius 1 is 1.47 bits per heavy atom. The number of aliphatic hydroxyl groups is 1. The molecule has 0 radical (unpaired) electrons. The molecule has 0 unspecified atom stereocenters. The van der Waals surface area contributed by atoms with E-state index in [1.54, 1.807) is 6.07 Å². The van der Waals surface area contributed by atoms with Crippen molar-refractivity contribution < 1.29 is 5.11 Å². The average molecular weight is 230 g/mol. The summed E-state index contributed by atoms with van der Waals surface area (Å²) in [6.45, 7) is 4.07. The lowest BCUT2D eigenvalue weighted by atomic mass is 10.1. The van der Waals surface area contributed by atoms with Crippen LogP contribution in [-0.2, 0) is 6.61 Å². The van der Waals surface area contributed by atoms with E-state index < -0.39 is 0 Å². The molecule has 0 spiro atoms. The van der Waals surface area contributed by atoms with Crippen molar-refractivity contribution in [2.24, 2.45) is 5.92 Å². The van der Waals surface area contributed by atoms with Crippen LogP contribution in [0.25, 0.3) is 0 Å². The van der Waals surface area contributed by atoms with Gasteiger partial charge in [0.1, 0.15) is 6.07 Å². The Kier molecular flexibility index (Phi) is 3.65. The first kappa shape index (κ1) is 11.9. The van der Waals surface area contributed by atoms with Crippen LogP contribution in [0.15, 0.2) is 18.2 Å². The summed E-state index contributed by atoms with van der Waals surface area (Å²) < 4.78 is 0. The summed E-state index contributed by atoms with van der Waals surface area (Å²) in [5, 5.41) is 18.3. The van der Waals surface area contributed by atoms with Crippen molar-refractivity contribution in [1.29, 1.82) is 5.26 Å². The van der Waals surface area contributed by atoms with Crippen molar-refractivity contribution in [1.82, 2.24) is 0 Å². The fourth-order valence-electron chi connectivity index (χ4n) is 2.06. The number of nitrogens with zero attached hydrogens (tertiary/aromatic N) is 2. The molecule has 0 aliphatic heterocycles. The van der Waals surface area contributed by atoms with Crippen LogP contribution < -0.4 is 4.90 Å². The van der Waals surface area contributed by atoms with Crippen LogP contribution in [0.5, 0.6) is 0 Å². The molecule has 1 aliphatic rings. The van der Waals surface area contributed by atoms with Crippen LogP contribution in [-0.4, -0.2) is 18.2 Å². The number of rotatable bonds is 5. The largest absolute Gasteiger partial charge is 0.392 e. The van der Waals surface area contributed by atoms with Gasteiger partial charge in [0.2, 0.25) is 0 Å². The summed E-state index contributed by atoms with van der Waals surface area (Å²) in [5.41, 5.74) is 2.46. The molecule has 0 aromatic heterocycles. The monoisotopic (exact) mass is 230 g/mol. The fraction of sp³-hybridized carbons (Fsp3) is 0.500. The van der Waals surface area contributed by atoms with E-state index in [9.17, 15) is 5.26 Å². The maximum absolute atomic E-state index is 9.17. The highest BCUT2D eigenvalue weighted by molar-refractivity contribution is 5.60. The van der Waals surface area contributed by atoms with E-state index in [-0.39, 0.29) is 6.61 Å². The van der Waals surface area contributed by atoms with E-state index in [0.29, 0.717) is 5.56 Å². The van der Waals surface area contributed by atoms with Gasteiger partial charge < -0.3 is 10.0 Å². The van der Waals surface area contributed by atoms with Crippen molar-refractivity contribution in [3.05, 3.63) is 29.3 Å². The Morgan fingerprint density at radius 2 is 2.24 bits per heavy atom. The zero-order valence-corrected chi connectivity index (χ0v) is 10.2. The van der Waals surface area contributed by atoms with E-state index in [0.717, 1.165) is 30.3 Å². The van der Waals surface area contributed by atoms with Crippen molar-refractivity contribution in [2.45, 2.75) is 26.4 Å². The van der Waals surface area contributed by atoms with E-state index in [2.05, 4.69) is 17.9 Å². The number of nitriles is 1. The molecule has 0 saturated heterocycles. The summed E-state index contributed by atoms with van der Waals surface area (Å²) in [7, 11) is 0. The van der Waals surface area contributed by atoms with Gasteiger partial charge in [0, 0.05) is 13.1 Å². The van der Waals surface area contributed by atoms with Gasteiger partial charge in [-0.25, -0.2) is 0 Å². The van der Waals surface area contributed by atoms with Crippen LogP contribution in [0.3, 0.4) is 0 Å². The SMILES string of the molecule is CCN(CC1CC1)c1ccc(CO)cc1C#N. The first-order valence-corrected chi connectivity index (χ1v) is 6.17. The molecule has 0 atom stereocenters. The van der Waals surface area contributed by atoms with Crippen LogP contribution in [0.4, 0.5) is 5.69 Å². The second-order valence-corrected chi connectivity index (χ2v) is 4.60. The molecular weight excluding hydrogens is 212 g/mol. The molecule has 1 aromatic rings. The van der Waals surface area contributed by atoms with Crippen LogP contribution >= 0.6 is 0 Å². The number of hydrogen-bond donors (Lipinski definition) is 1. The molecule has 1 saturated carbocycles. The second-order valence-electron chi connectivity index (χ2n) is 4.60. The van der Waals surface area contributed by atoms with E-state index in [1.165, 1.54) is 12.8 Å². The summed E-state index contributed by atoms with van der Waals surface area (Å²) in [4.78, 5) is 2.26. The normalized spacial score (nSPS) is 14.4. The first-order chi connectivity index (χ1) is 8.28. The quantitative estimate of drug-likeness (QED) is 0.844. The Labute approximate surface area is 102 Å². The summed E-state index contributed by atoms with van der Waals surface area (Å²) in [6, 6.07) is 7.86. The van der Waals surface area contributed by atoms with E-state index in [1.807, 2.05) is 12.1 Å². The minimum absolute atomic E-state index is 0.0102. The summed E-state index contributed by atoms with van der Waals surface area (Å²) in [6.07, 6.45) is 2.63. The third-order valence-corrected chi connectivity index (χ3v) is 3.26. The van der Waals surface area contributed by atoms with Crippen molar-refractivity contribution >= 4 is 5.69 Å². The Morgan fingerprint density at radius 3 is 2.76 bits per heavy atom. The second kappa shape index (κ2) is 5.20. The minimum atomic E-state index is -0.0102. The summed E-state index contributed by atoms with van der Waals surface area (Å²) in [5.74, 6) is 0.805. The highest BCUT2D eigenvalue weighted by atomic mass is 16.3. The van der Waals surface area contributed by atoms with Gasteiger partial charge in [-0.2, -0.15) is 5.26 Å². The van der Waals surface area contributed by atoms with E-state index >= 15 is 0 Å². The molecular formula is C14H18N2O. The van der Waals surface area contributed by atoms with Gasteiger partial charge in [-0.1, -0.05) is 6.07 Å². The van der Waals surface area contributed by atoms with E-state index in [4.69, 9.17) is 5.11 Å². The van der Waals surface area contributed by atoms with Gasteiger partial charge in [0.25, 0.3) is 0 Å². The minimum Gasteiger partial charge on any atom is -0.392 e. The predicted octanol–water partition coefficient (Wildman–Crippen LogP) is 2.29. The predicted molar refractivity (Wildman–Crippen MR) is 67.7 cm³/mol. The van der Waals surface area contributed by atoms with Gasteiger partial charge in [-0.15, -0.1) is 0 Å². The molecule has 1 aliphatic carbocycles. The molecule has 0 amide bonds. The lowest BCUT2D eigenvalue weighted by molar-refractivity contribution is 0.282. The smallest absolute Gasteiger partial charge is 0.101 e.